The van der Waals surface area contributed by atoms with Gasteiger partial charge in [0.1, 0.15) is 6.61 Å². The third-order valence-electron chi connectivity index (χ3n) is 1.87. The molecule has 0 amide bonds. The third-order valence-corrected chi connectivity index (χ3v) is 3.23. The molecule has 0 bridgehead atoms. The molecular formula is C9H10ClF4NOS. The molecule has 1 atom stereocenters. The SMILES string of the molecule is NC(COCC(F)(F)C(F)F)c1ccc(Cl)s1. The highest BCUT2D eigenvalue weighted by Gasteiger charge is 2.41. The molecule has 1 aromatic rings. The fourth-order valence-corrected chi connectivity index (χ4v) is 2.04. The molecule has 0 aromatic carbocycles. The van der Waals surface area contributed by atoms with Crippen molar-refractivity contribution in [3.05, 3.63) is 21.3 Å². The van der Waals surface area contributed by atoms with Gasteiger partial charge in [0.2, 0.25) is 0 Å². The summed E-state index contributed by atoms with van der Waals surface area (Å²) in [7, 11) is 0. The summed E-state index contributed by atoms with van der Waals surface area (Å²) in [6, 6.07) is 2.59. The van der Waals surface area contributed by atoms with Gasteiger partial charge in [-0.1, -0.05) is 11.6 Å². The van der Waals surface area contributed by atoms with Gasteiger partial charge in [-0.2, -0.15) is 8.78 Å². The highest BCUT2D eigenvalue weighted by atomic mass is 35.5. The van der Waals surface area contributed by atoms with Crippen molar-refractivity contribution in [3.8, 4) is 0 Å². The van der Waals surface area contributed by atoms with Gasteiger partial charge in [-0.15, -0.1) is 11.3 Å². The van der Waals surface area contributed by atoms with Gasteiger partial charge in [0, 0.05) is 4.88 Å². The van der Waals surface area contributed by atoms with Gasteiger partial charge in [-0.05, 0) is 12.1 Å². The lowest BCUT2D eigenvalue weighted by atomic mass is 10.3. The maximum absolute atomic E-state index is 12.5. The van der Waals surface area contributed by atoms with Gasteiger partial charge in [0.15, 0.2) is 0 Å². The molecule has 1 heterocycles. The van der Waals surface area contributed by atoms with Crippen molar-refractivity contribution in [2.24, 2.45) is 5.73 Å². The van der Waals surface area contributed by atoms with E-state index in [0.29, 0.717) is 9.21 Å². The molecule has 0 aliphatic rings. The van der Waals surface area contributed by atoms with Gasteiger partial charge in [0.25, 0.3) is 0 Å². The average Bonchev–Trinajstić information content (AvgIpc) is 2.64. The largest absolute Gasteiger partial charge is 0.373 e. The van der Waals surface area contributed by atoms with E-state index in [1.807, 2.05) is 0 Å². The van der Waals surface area contributed by atoms with Gasteiger partial charge >= 0.3 is 12.3 Å². The number of hydrogen-bond donors (Lipinski definition) is 1. The summed E-state index contributed by atoms with van der Waals surface area (Å²) in [5.74, 6) is -4.15. The lowest BCUT2D eigenvalue weighted by Gasteiger charge is -2.16. The average molecular weight is 292 g/mol. The first-order chi connectivity index (χ1) is 7.83. The van der Waals surface area contributed by atoms with E-state index in [4.69, 9.17) is 17.3 Å². The second-order valence-corrected chi connectivity index (χ2v) is 5.07. The van der Waals surface area contributed by atoms with Crippen molar-refractivity contribution in [1.29, 1.82) is 0 Å². The van der Waals surface area contributed by atoms with Gasteiger partial charge in [0.05, 0.1) is 17.0 Å². The summed E-state index contributed by atoms with van der Waals surface area (Å²) in [5, 5.41) is 0. The Labute approximate surface area is 104 Å². The Kier molecular flexibility index (Phi) is 5.18. The van der Waals surface area contributed by atoms with Crippen molar-refractivity contribution >= 4 is 22.9 Å². The van der Waals surface area contributed by atoms with Crippen LogP contribution in [-0.2, 0) is 4.74 Å². The third kappa shape index (κ3) is 4.42. The number of rotatable bonds is 6. The zero-order chi connectivity index (χ0) is 13.1. The summed E-state index contributed by atoms with van der Waals surface area (Å²) >= 11 is 6.84. The van der Waals surface area contributed by atoms with Crippen molar-refractivity contribution in [2.75, 3.05) is 13.2 Å². The van der Waals surface area contributed by atoms with E-state index in [2.05, 4.69) is 4.74 Å². The number of hydrogen-bond acceptors (Lipinski definition) is 3. The van der Waals surface area contributed by atoms with Crippen LogP contribution in [-0.4, -0.2) is 25.6 Å². The first-order valence-electron chi connectivity index (χ1n) is 4.57. The van der Waals surface area contributed by atoms with Crippen LogP contribution in [0.5, 0.6) is 0 Å². The number of thiophene rings is 1. The lowest BCUT2D eigenvalue weighted by molar-refractivity contribution is -0.166. The number of nitrogens with two attached hydrogens (primary N) is 1. The molecule has 2 nitrogen and oxygen atoms in total. The summed E-state index contributed by atoms with van der Waals surface area (Å²) in [4.78, 5) is 0.648. The molecule has 0 radical (unpaired) electrons. The minimum atomic E-state index is -4.15. The highest BCUT2D eigenvalue weighted by Crippen LogP contribution is 2.27. The van der Waals surface area contributed by atoms with Crippen LogP contribution < -0.4 is 5.73 Å². The van der Waals surface area contributed by atoms with E-state index in [9.17, 15) is 17.6 Å². The van der Waals surface area contributed by atoms with Crippen LogP contribution in [0.3, 0.4) is 0 Å². The predicted molar refractivity (Wildman–Crippen MR) is 58.0 cm³/mol. The van der Waals surface area contributed by atoms with Crippen LogP contribution >= 0.6 is 22.9 Å². The molecule has 0 aliphatic heterocycles. The molecule has 1 aromatic heterocycles. The Hall–Kier alpha value is -0.370. The van der Waals surface area contributed by atoms with E-state index < -0.39 is 25.0 Å². The molecule has 2 N–H and O–H groups in total. The summed E-state index contributed by atoms with van der Waals surface area (Å²) in [6.45, 7) is -1.61. The molecule has 1 unspecified atom stereocenters. The molecule has 0 saturated carbocycles. The second kappa shape index (κ2) is 5.99. The second-order valence-electron chi connectivity index (χ2n) is 3.33. The quantitative estimate of drug-likeness (QED) is 0.816. The number of alkyl halides is 4. The molecule has 98 valence electrons. The van der Waals surface area contributed by atoms with Gasteiger partial charge in [-0.25, -0.2) is 8.78 Å². The van der Waals surface area contributed by atoms with Crippen LogP contribution in [0, 0.1) is 0 Å². The van der Waals surface area contributed by atoms with Crippen molar-refractivity contribution in [2.45, 2.75) is 18.4 Å². The zero-order valence-corrected chi connectivity index (χ0v) is 10.1. The van der Waals surface area contributed by atoms with E-state index in [1.165, 1.54) is 11.3 Å². The Morgan fingerprint density at radius 2 is 2.06 bits per heavy atom. The van der Waals surface area contributed by atoms with E-state index in [-0.39, 0.29) is 6.61 Å². The number of ether oxygens (including phenoxy) is 1. The first kappa shape index (κ1) is 14.7. The first-order valence-corrected chi connectivity index (χ1v) is 5.77. The predicted octanol–water partition coefficient (Wildman–Crippen LogP) is 3.32. The minimum absolute atomic E-state index is 0.265. The van der Waals surface area contributed by atoms with Crippen LogP contribution in [0.25, 0.3) is 0 Å². The highest BCUT2D eigenvalue weighted by molar-refractivity contribution is 7.16. The van der Waals surface area contributed by atoms with Crippen LogP contribution in [0.2, 0.25) is 4.34 Å². The summed E-state index contributed by atoms with van der Waals surface area (Å²) < 4.78 is 53.5. The fraction of sp³-hybridized carbons (Fsp3) is 0.556. The minimum Gasteiger partial charge on any atom is -0.373 e. The van der Waals surface area contributed by atoms with Crippen molar-refractivity contribution in [1.82, 2.24) is 0 Å². The van der Waals surface area contributed by atoms with Crippen LogP contribution in [0.1, 0.15) is 10.9 Å². The van der Waals surface area contributed by atoms with Crippen molar-refractivity contribution < 1.29 is 22.3 Å². The van der Waals surface area contributed by atoms with Crippen LogP contribution in [0.4, 0.5) is 17.6 Å². The van der Waals surface area contributed by atoms with Gasteiger partial charge in [-0.3, -0.25) is 0 Å². The summed E-state index contributed by atoms with van der Waals surface area (Å²) in [6.07, 6.45) is -3.74. The van der Waals surface area contributed by atoms with Crippen LogP contribution in [0.15, 0.2) is 12.1 Å². The maximum atomic E-state index is 12.5. The van der Waals surface area contributed by atoms with Gasteiger partial charge < -0.3 is 10.5 Å². The topological polar surface area (TPSA) is 35.2 Å². The number of halogens is 5. The molecule has 0 spiro atoms. The molecule has 0 fully saturated rings. The molecule has 17 heavy (non-hydrogen) atoms. The Morgan fingerprint density at radius 3 is 2.53 bits per heavy atom. The maximum Gasteiger partial charge on any atom is 0.330 e. The normalized spacial score (nSPS) is 14.3. The van der Waals surface area contributed by atoms with Crippen molar-refractivity contribution in [3.63, 3.8) is 0 Å². The Morgan fingerprint density at radius 1 is 1.41 bits per heavy atom. The molecule has 0 saturated heterocycles. The summed E-state index contributed by atoms with van der Waals surface area (Å²) in [5.41, 5.74) is 5.61. The fourth-order valence-electron chi connectivity index (χ4n) is 0.995. The Bertz CT molecular complexity index is 361. The van der Waals surface area contributed by atoms with E-state index >= 15 is 0 Å². The Balaban J connectivity index is 2.37. The molecule has 8 heteroatoms. The molecular weight excluding hydrogens is 282 g/mol. The van der Waals surface area contributed by atoms with E-state index in [1.54, 1.807) is 12.1 Å². The monoisotopic (exact) mass is 291 g/mol. The zero-order valence-electron chi connectivity index (χ0n) is 8.51. The lowest BCUT2D eigenvalue weighted by Crippen LogP contribution is -2.33. The molecule has 1 rings (SSSR count). The molecule has 0 aliphatic carbocycles. The smallest absolute Gasteiger partial charge is 0.330 e. The standard InChI is InChI=1S/C9H10ClF4NOS/c10-7-2-1-6(17-7)5(15)3-16-4-9(13,14)8(11)12/h1-2,5,8H,3-4,15H2. The van der Waals surface area contributed by atoms with E-state index in [0.717, 1.165) is 0 Å².